The van der Waals surface area contributed by atoms with Crippen LogP contribution in [0.15, 0.2) is 18.2 Å². The lowest BCUT2D eigenvalue weighted by Gasteiger charge is -2.20. The molecule has 1 aromatic rings. The van der Waals surface area contributed by atoms with Crippen molar-refractivity contribution in [1.29, 1.82) is 0 Å². The summed E-state index contributed by atoms with van der Waals surface area (Å²) < 4.78 is 31.7. The number of nitrogens with one attached hydrogen (secondary N) is 1. The summed E-state index contributed by atoms with van der Waals surface area (Å²) >= 11 is 0. The molecule has 0 aromatic heterocycles. The maximum atomic E-state index is 13.4. The molecule has 2 nitrogen and oxygen atoms in total. The molecule has 0 amide bonds. The summed E-state index contributed by atoms with van der Waals surface area (Å²) in [6.45, 7) is 6.67. The second kappa shape index (κ2) is 7.31. The molecule has 1 atom stereocenters. The molecule has 0 aliphatic carbocycles. The molecule has 0 radical (unpaired) electrons. The molecule has 1 N–H and O–H groups in total. The van der Waals surface area contributed by atoms with Crippen LogP contribution in [0.2, 0.25) is 0 Å². The van der Waals surface area contributed by atoms with Crippen molar-refractivity contribution in [2.24, 2.45) is 0 Å². The lowest BCUT2D eigenvalue weighted by Crippen LogP contribution is -2.36. The second-order valence-electron chi connectivity index (χ2n) is 4.40. The third-order valence-corrected chi connectivity index (χ3v) is 2.92. The molecule has 102 valence electrons. The predicted octanol–water partition coefficient (Wildman–Crippen LogP) is 3.51. The van der Waals surface area contributed by atoms with Crippen molar-refractivity contribution < 1.29 is 13.5 Å². The van der Waals surface area contributed by atoms with Gasteiger partial charge >= 0.3 is 0 Å². The molecular formula is C14H21F2NO. The fourth-order valence-electron chi connectivity index (χ4n) is 1.74. The Labute approximate surface area is 107 Å². The van der Waals surface area contributed by atoms with Crippen LogP contribution in [0.5, 0.6) is 5.75 Å². The molecule has 18 heavy (non-hydrogen) atoms. The zero-order valence-electron chi connectivity index (χ0n) is 11.2. The van der Waals surface area contributed by atoms with Crippen molar-refractivity contribution in [3.8, 4) is 5.75 Å². The van der Waals surface area contributed by atoms with Crippen molar-refractivity contribution in [1.82, 2.24) is 5.32 Å². The van der Waals surface area contributed by atoms with Crippen molar-refractivity contribution in [2.45, 2.75) is 45.8 Å². The van der Waals surface area contributed by atoms with Crippen LogP contribution in [-0.4, -0.2) is 18.7 Å². The lowest BCUT2D eigenvalue weighted by atomic mass is 10.1. The van der Waals surface area contributed by atoms with Gasteiger partial charge in [0.15, 0.2) is 11.6 Å². The van der Waals surface area contributed by atoms with Crippen LogP contribution in [-0.2, 0) is 0 Å². The van der Waals surface area contributed by atoms with Crippen LogP contribution in [0, 0.1) is 11.6 Å². The standard InChI is InChI=1S/C14H21F2NO/c1-4-11(5-2)17-9-10(3)18-13-8-6-7-12(15)14(13)16/h6-8,10-11,17H,4-5,9H2,1-3H3. The van der Waals surface area contributed by atoms with E-state index in [2.05, 4.69) is 19.2 Å². The summed E-state index contributed by atoms with van der Waals surface area (Å²) in [6.07, 6.45) is 1.87. The lowest BCUT2D eigenvalue weighted by molar-refractivity contribution is 0.199. The van der Waals surface area contributed by atoms with Gasteiger partial charge in [0.1, 0.15) is 6.10 Å². The Balaban J connectivity index is 2.49. The average Bonchev–Trinajstić information content (AvgIpc) is 2.36. The molecule has 0 saturated heterocycles. The van der Waals surface area contributed by atoms with Gasteiger partial charge in [-0.2, -0.15) is 4.39 Å². The first-order valence-corrected chi connectivity index (χ1v) is 6.42. The van der Waals surface area contributed by atoms with Gasteiger partial charge in [0.25, 0.3) is 0 Å². The van der Waals surface area contributed by atoms with Crippen molar-refractivity contribution in [2.75, 3.05) is 6.54 Å². The Kier molecular flexibility index (Phi) is 6.05. The van der Waals surface area contributed by atoms with Gasteiger partial charge < -0.3 is 10.1 Å². The Hall–Kier alpha value is -1.16. The molecule has 0 heterocycles. The minimum absolute atomic E-state index is 0.0335. The third-order valence-electron chi connectivity index (χ3n) is 2.92. The first-order valence-electron chi connectivity index (χ1n) is 6.42. The van der Waals surface area contributed by atoms with E-state index in [0.29, 0.717) is 12.6 Å². The van der Waals surface area contributed by atoms with Crippen LogP contribution in [0.1, 0.15) is 33.6 Å². The average molecular weight is 257 g/mol. The monoisotopic (exact) mass is 257 g/mol. The SMILES string of the molecule is CCC(CC)NCC(C)Oc1cccc(F)c1F. The highest BCUT2D eigenvalue weighted by atomic mass is 19.2. The Morgan fingerprint density at radius 1 is 1.22 bits per heavy atom. The summed E-state index contributed by atoms with van der Waals surface area (Å²) in [6, 6.07) is 4.39. The molecule has 0 fully saturated rings. The van der Waals surface area contributed by atoms with Gasteiger partial charge in [0.05, 0.1) is 0 Å². The number of hydrogen-bond donors (Lipinski definition) is 1. The number of hydrogen-bond acceptors (Lipinski definition) is 2. The van der Waals surface area contributed by atoms with E-state index in [1.807, 2.05) is 6.92 Å². The van der Waals surface area contributed by atoms with Gasteiger partial charge in [-0.05, 0) is 31.9 Å². The first kappa shape index (κ1) is 14.9. The van der Waals surface area contributed by atoms with E-state index in [4.69, 9.17) is 4.74 Å². The second-order valence-corrected chi connectivity index (χ2v) is 4.40. The number of benzene rings is 1. The van der Waals surface area contributed by atoms with Crippen LogP contribution < -0.4 is 10.1 Å². The normalized spacial score (nSPS) is 12.8. The van der Waals surface area contributed by atoms with Crippen molar-refractivity contribution >= 4 is 0 Å². The van der Waals surface area contributed by atoms with Gasteiger partial charge in [-0.1, -0.05) is 19.9 Å². The van der Waals surface area contributed by atoms with Crippen LogP contribution in [0.25, 0.3) is 0 Å². The van der Waals surface area contributed by atoms with Crippen LogP contribution in [0.3, 0.4) is 0 Å². The summed E-state index contributed by atoms with van der Waals surface area (Å²) in [5, 5.41) is 3.33. The highest BCUT2D eigenvalue weighted by molar-refractivity contribution is 5.25. The molecule has 1 aromatic carbocycles. The zero-order chi connectivity index (χ0) is 13.5. The van der Waals surface area contributed by atoms with E-state index >= 15 is 0 Å². The van der Waals surface area contributed by atoms with Crippen LogP contribution >= 0.6 is 0 Å². The Morgan fingerprint density at radius 2 is 1.89 bits per heavy atom. The summed E-state index contributed by atoms with van der Waals surface area (Å²) in [4.78, 5) is 0. The fourth-order valence-corrected chi connectivity index (χ4v) is 1.74. The molecule has 0 aliphatic heterocycles. The molecule has 4 heteroatoms. The van der Waals surface area contributed by atoms with E-state index in [9.17, 15) is 8.78 Å². The van der Waals surface area contributed by atoms with Gasteiger partial charge in [-0.25, -0.2) is 4.39 Å². The van der Waals surface area contributed by atoms with E-state index in [1.165, 1.54) is 12.1 Å². The van der Waals surface area contributed by atoms with Crippen molar-refractivity contribution in [3.63, 3.8) is 0 Å². The third kappa shape index (κ3) is 4.26. The minimum atomic E-state index is -0.924. The molecule has 0 bridgehead atoms. The fraction of sp³-hybridized carbons (Fsp3) is 0.571. The zero-order valence-corrected chi connectivity index (χ0v) is 11.2. The summed E-state index contributed by atoms with van der Waals surface area (Å²) in [5.74, 6) is -1.84. The predicted molar refractivity (Wildman–Crippen MR) is 68.8 cm³/mol. The number of halogens is 2. The largest absolute Gasteiger partial charge is 0.486 e. The quantitative estimate of drug-likeness (QED) is 0.807. The van der Waals surface area contributed by atoms with Gasteiger partial charge in [-0.3, -0.25) is 0 Å². The van der Waals surface area contributed by atoms with Gasteiger partial charge in [-0.15, -0.1) is 0 Å². The number of ether oxygens (including phenoxy) is 1. The molecule has 0 saturated carbocycles. The molecule has 1 unspecified atom stereocenters. The molecule has 1 rings (SSSR count). The Morgan fingerprint density at radius 3 is 2.50 bits per heavy atom. The highest BCUT2D eigenvalue weighted by Crippen LogP contribution is 2.20. The topological polar surface area (TPSA) is 21.3 Å². The highest BCUT2D eigenvalue weighted by Gasteiger charge is 2.12. The summed E-state index contributed by atoms with van der Waals surface area (Å²) in [7, 11) is 0. The van der Waals surface area contributed by atoms with Gasteiger partial charge in [0.2, 0.25) is 5.82 Å². The van der Waals surface area contributed by atoms with E-state index in [0.717, 1.165) is 18.9 Å². The van der Waals surface area contributed by atoms with E-state index in [-0.39, 0.29) is 11.9 Å². The van der Waals surface area contributed by atoms with E-state index in [1.54, 1.807) is 0 Å². The summed E-state index contributed by atoms with van der Waals surface area (Å²) in [5.41, 5.74) is 0. The maximum Gasteiger partial charge on any atom is 0.200 e. The molecular weight excluding hydrogens is 236 g/mol. The van der Waals surface area contributed by atoms with Crippen molar-refractivity contribution in [3.05, 3.63) is 29.8 Å². The Bertz CT molecular complexity index is 367. The maximum absolute atomic E-state index is 13.4. The smallest absolute Gasteiger partial charge is 0.200 e. The molecule has 0 aliphatic rings. The van der Waals surface area contributed by atoms with Gasteiger partial charge in [0, 0.05) is 12.6 Å². The van der Waals surface area contributed by atoms with Crippen LogP contribution in [0.4, 0.5) is 8.78 Å². The first-order chi connectivity index (χ1) is 8.58. The minimum Gasteiger partial charge on any atom is -0.486 e. The number of rotatable bonds is 7. The van der Waals surface area contributed by atoms with E-state index < -0.39 is 11.6 Å². The molecule has 0 spiro atoms.